The lowest BCUT2D eigenvalue weighted by Gasteiger charge is -1.93. The number of hydrogen-bond acceptors (Lipinski definition) is 0. The van der Waals surface area contributed by atoms with Crippen LogP contribution in [0.15, 0.2) is 60.7 Å². The van der Waals surface area contributed by atoms with Gasteiger partial charge in [0.25, 0.3) is 0 Å². The number of fused-ring (bicyclic) bond motifs is 2. The van der Waals surface area contributed by atoms with Gasteiger partial charge in [0.05, 0.1) is 6.42 Å². The number of nitrogens with one attached hydrogen (secondary N) is 2. The first-order chi connectivity index (χ1) is 9.38. The maximum Gasteiger partial charge on any atom is 0.0530 e. The Kier molecular flexibility index (Phi) is 2.21. The zero-order valence-electron chi connectivity index (χ0n) is 10.4. The van der Waals surface area contributed by atoms with Crippen LogP contribution in [0.2, 0.25) is 0 Å². The number of aromatic nitrogens is 2. The predicted molar refractivity (Wildman–Crippen MR) is 79.1 cm³/mol. The van der Waals surface area contributed by atoms with Crippen LogP contribution in [0, 0.1) is 6.42 Å². The molecule has 2 N–H and O–H groups in total. The van der Waals surface area contributed by atoms with Crippen molar-refractivity contribution in [3.05, 3.63) is 78.5 Å². The van der Waals surface area contributed by atoms with Crippen molar-refractivity contribution in [3.63, 3.8) is 0 Å². The SMILES string of the molecule is [CH](c1cc2ccccc2[nH]1)c1cc2ccccc2[nH]1. The third kappa shape index (κ3) is 1.82. The molecule has 0 atom stereocenters. The Hall–Kier alpha value is -2.48. The van der Waals surface area contributed by atoms with Gasteiger partial charge in [0.2, 0.25) is 0 Å². The molecule has 0 aliphatic carbocycles. The number of rotatable bonds is 2. The van der Waals surface area contributed by atoms with Gasteiger partial charge in [-0.2, -0.15) is 0 Å². The fourth-order valence-electron chi connectivity index (χ4n) is 2.51. The second-order valence-electron chi connectivity index (χ2n) is 4.77. The van der Waals surface area contributed by atoms with Gasteiger partial charge >= 0.3 is 0 Å². The smallest absolute Gasteiger partial charge is 0.0530 e. The highest BCUT2D eigenvalue weighted by Gasteiger charge is 2.04. The fraction of sp³-hybridized carbons (Fsp3) is 0. The fourth-order valence-corrected chi connectivity index (χ4v) is 2.51. The van der Waals surface area contributed by atoms with Crippen LogP contribution in [-0.2, 0) is 0 Å². The van der Waals surface area contributed by atoms with E-state index >= 15 is 0 Å². The zero-order valence-corrected chi connectivity index (χ0v) is 10.4. The van der Waals surface area contributed by atoms with Crippen LogP contribution in [0.25, 0.3) is 21.8 Å². The third-order valence-electron chi connectivity index (χ3n) is 3.41. The van der Waals surface area contributed by atoms with Crippen LogP contribution in [0.3, 0.4) is 0 Å². The molecule has 0 fully saturated rings. The largest absolute Gasteiger partial charge is 0.358 e. The van der Waals surface area contributed by atoms with Gasteiger partial charge < -0.3 is 9.97 Å². The molecular weight excluding hydrogens is 232 g/mol. The molecule has 0 aliphatic heterocycles. The summed E-state index contributed by atoms with van der Waals surface area (Å²) in [5, 5.41) is 2.48. The third-order valence-corrected chi connectivity index (χ3v) is 3.41. The van der Waals surface area contributed by atoms with Crippen LogP contribution < -0.4 is 0 Å². The van der Waals surface area contributed by atoms with Crippen molar-refractivity contribution < 1.29 is 0 Å². The van der Waals surface area contributed by atoms with E-state index in [0.717, 1.165) is 11.4 Å². The average Bonchev–Trinajstić information content (AvgIpc) is 3.00. The minimum atomic E-state index is 1.12. The van der Waals surface area contributed by atoms with Gasteiger partial charge in [-0.05, 0) is 35.0 Å². The molecule has 2 nitrogen and oxygen atoms in total. The Morgan fingerprint density at radius 2 is 1.11 bits per heavy atom. The summed E-state index contributed by atoms with van der Waals surface area (Å²) >= 11 is 0. The van der Waals surface area contributed by atoms with Crippen molar-refractivity contribution in [1.29, 1.82) is 0 Å². The molecule has 1 radical (unpaired) electrons. The lowest BCUT2D eigenvalue weighted by Crippen LogP contribution is -1.84. The van der Waals surface area contributed by atoms with Crippen LogP contribution in [0.4, 0.5) is 0 Å². The molecule has 0 saturated heterocycles. The van der Waals surface area contributed by atoms with Crippen LogP contribution >= 0.6 is 0 Å². The van der Waals surface area contributed by atoms with E-state index in [4.69, 9.17) is 0 Å². The van der Waals surface area contributed by atoms with Gasteiger partial charge in [-0.3, -0.25) is 0 Å². The van der Waals surface area contributed by atoms with Gasteiger partial charge in [-0.25, -0.2) is 0 Å². The maximum absolute atomic E-state index is 3.41. The van der Waals surface area contributed by atoms with Crippen molar-refractivity contribution in [1.82, 2.24) is 9.97 Å². The van der Waals surface area contributed by atoms with E-state index in [1.165, 1.54) is 21.8 Å². The Morgan fingerprint density at radius 3 is 1.58 bits per heavy atom. The van der Waals surface area contributed by atoms with E-state index in [1.54, 1.807) is 0 Å². The highest BCUT2D eigenvalue weighted by Crippen LogP contribution is 2.21. The van der Waals surface area contributed by atoms with E-state index in [-0.39, 0.29) is 0 Å². The quantitative estimate of drug-likeness (QED) is 0.529. The van der Waals surface area contributed by atoms with Crippen LogP contribution in [0.1, 0.15) is 11.4 Å². The molecule has 2 aromatic heterocycles. The summed E-state index contributed by atoms with van der Waals surface area (Å²) in [7, 11) is 0. The molecule has 0 spiro atoms. The summed E-state index contributed by atoms with van der Waals surface area (Å²) in [4.78, 5) is 6.83. The molecule has 0 aliphatic rings. The van der Waals surface area contributed by atoms with E-state index in [0.29, 0.717) is 0 Å². The molecule has 2 aromatic carbocycles. The molecule has 0 saturated carbocycles. The van der Waals surface area contributed by atoms with Crippen molar-refractivity contribution in [2.45, 2.75) is 0 Å². The van der Waals surface area contributed by atoms with Crippen molar-refractivity contribution in [3.8, 4) is 0 Å². The van der Waals surface area contributed by atoms with Gasteiger partial charge in [-0.1, -0.05) is 36.4 Å². The first kappa shape index (κ1) is 10.4. The Bertz CT molecular complexity index is 714. The van der Waals surface area contributed by atoms with Crippen LogP contribution in [-0.4, -0.2) is 9.97 Å². The molecule has 4 aromatic rings. The Balaban J connectivity index is 1.73. The zero-order chi connectivity index (χ0) is 12.7. The lowest BCUT2D eigenvalue weighted by atomic mass is 10.2. The molecule has 19 heavy (non-hydrogen) atoms. The first-order valence-electron chi connectivity index (χ1n) is 6.39. The highest BCUT2D eigenvalue weighted by molar-refractivity contribution is 5.82. The van der Waals surface area contributed by atoms with Gasteiger partial charge in [-0.15, -0.1) is 0 Å². The number of H-pyrrole nitrogens is 2. The second-order valence-corrected chi connectivity index (χ2v) is 4.77. The Morgan fingerprint density at radius 1 is 0.632 bits per heavy atom. The summed E-state index contributed by atoms with van der Waals surface area (Å²) in [6, 6.07) is 21.0. The van der Waals surface area contributed by atoms with Gasteiger partial charge in [0.1, 0.15) is 0 Å². The molecule has 2 heterocycles. The molecule has 0 bridgehead atoms. The Labute approximate surface area is 111 Å². The molecular formula is C17H13N2. The number of benzene rings is 2. The van der Waals surface area contributed by atoms with Crippen molar-refractivity contribution in [2.24, 2.45) is 0 Å². The molecule has 2 heteroatoms. The normalized spacial score (nSPS) is 11.4. The summed E-state index contributed by atoms with van der Waals surface area (Å²) in [5.41, 5.74) is 4.58. The second kappa shape index (κ2) is 4.02. The topological polar surface area (TPSA) is 31.6 Å². The van der Waals surface area contributed by atoms with E-state index in [1.807, 2.05) is 12.1 Å². The summed E-state index contributed by atoms with van der Waals surface area (Å²) in [6.45, 7) is 0. The molecule has 4 rings (SSSR count). The van der Waals surface area contributed by atoms with E-state index in [9.17, 15) is 0 Å². The van der Waals surface area contributed by atoms with Crippen molar-refractivity contribution >= 4 is 21.8 Å². The molecule has 0 unspecified atom stereocenters. The average molecular weight is 245 g/mol. The monoisotopic (exact) mass is 245 g/mol. The van der Waals surface area contributed by atoms with E-state index < -0.39 is 0 Å². The van der Waals surface area contributed by atoms with E-state index in [2.05, 4.69) is 64.9 Å². The number of hydrogen-bond donors (Lipinski definition) is 2. The molecule has 91 valence electrons. The van der Waals surface area contributed by atoms with Crippen molar-refractivity contribution in [2.75, 3.05) is 0 Å². The lowest BCUT2D eigenvalue weighted by molar-refractivity contribution is 1.25. The predicted octanol–water partition coefficient (Wildman–Crippen LogP) is 4.25. The maximum atomic E-state index is 3.41. The number of aromatic amines is 2. The first-order valence-corrected chi connectivity index (χ1v) is 6.39. The minimum absolute atomic E-state index is 1.12. The standard InChI is InChI=1S/C17H13N2/c1-3-7-16-12(5-1)9-14(18-16)11-15-10-13-6-2-4-8-17(13)19-15/h1-11,18-19H. The van der Waals surface area contributed by atoms with Crippen LogP contribution in [0.5, 0.6) is 0 Å². The minimum Gasteiger partial charge on any atom is -0.358 e. The van der Waals surface area contributed by atoms with Gasteiger partial charge in [0, 0.05) is 22.4 Å². The summed E-state index contributed by atoms with van der Waals surface area (Å²) in [5.74, 6) is 0. The number of para-hydroxylation sites is 2. The van der Waals surface area contributed by atoms with Gasteiger partial charge in [0.15, 0.2) is 0 Å². The molecule has 0 amide bonds. The summed E-state index contributed by atoms with van der Waals surface area (Å²) < 4.78 is 0. The highest BCUT2D eigenvalue weighted by atomic mass is 14.7. The summed E-state index contributed by atoms with van der Waals surface area (Å²) in [6.07, 6.45) is 2.14.